The number of carbonyl (C=O) groups is 7. The van der Waals surface area contributed by atoms with Crippen molar-refractivity contribution < 1.29 is 80.2 Å². The van der Waals surface area contributed by atoms with Crippen molar-refractivity contribution in [1.82, 2.24) is 15.3 Å². The highest BCUT2D eigenvalue weighted by atomic mass is 35.5. The van der Waals surface area contributed by atoms with Gasteiger partial charge in [0.25, 0.3) is 21.9 Å². The largest absolute Gasteiger partial charge is 0.495 e. The summed E-state index contributed by atoms with van der Waals surface area (Å²) in [5.74, 6) is -4.06. The molecule has 3 fully saturated rings. The maximum Gasteiger partial charge on any atom is 0.409 e. The average molecular weight is 1240 g/mol. The van der Waals surface area contributed by atoms with Crippen molar-refractivity contribution in [2.24, 2.45) is 17.3 Å². The first-order chi connectivity index (χ1) is 38.7. The summed E-state index contributed by atoms with van der Waals surface area (Å²) in [6, 6.07) is 2.36. The summed E-state index contributed by atoms with van der Waals surface area (Å²) >= 11 is 6.91. The number of likely N-dealkylation sites (N-methyl/N-ethyl adjacent to an activating group) is 1. The van der Waals surface area contributed by atoms with Gasteiger partial charge in [0.05, 0.1) is 31.9 Å². The van der Waals surface area contributed by atoms with Crippen LogP contribution in [0.2, 0.25) is 5.02 Å². The lowest BCUT2D eigenvalue weighted by atomic mass is 9.73. The van der Waals surface area contributed by atoms with E-state index in [1.165, 1.54) is 41.7 Å². The zero-order valence-electron chi connectivity index (χ0n) is 49.9. The van der Waals surface area contributed by atoms with Gasteiger partial charge in [0.2, 0.25) is 11.8 Å². The van der Waals surface area contributed by atoms with Gasteiger partial charge >= 0.3 is 18.0 Å². The number of benzene rings is 1. The molecule has 0 radical (unpaired) electrons. The van der Waals surface area contributed by atoms with E-state index in [-0.39, 0.29) is 60.5 Å². The first kappa shape index (κ1) is 69.1. The second-order valence-corrected chi connectivity index (χ2v) is 28.6. The molecule has 4 bridgehead atoms. The number of anilines is 1. The van der Waals surface area contributed by atoms with Crippen molar-refractivity contribution >= 4 is 90.7 Å². The third-order valence-corrected chi connectivity index (χ3v) is 21.1. The van der Waals surface area contributed by atoms with Crippen molar-refractivity contribution in [2.45, 2.75) is 198 Å². The van der Waals surface area contributed by atoms with Crippen LogP contribution in [0.15, 0.2) is 48.6 Å². The maximum atomic E-state index is 14.6. The van der Waals surface area contributed by atoms with E-state index in [0.717, 1.165) is 54.0 Å². The van der Waals surface area contributed by atoms with Gasteiger partial charge in [-0.3, -0.25) is 29.0 Å². The Balaban J connectivity index is 1.36. The number of epoxide rings is 1. The summed E-state index contributed by atoms with van der Waals surface area (Å²) in [5, 5.41) is 13.6. The summed E-state index contributed by atoms with van der Waals surface area (Å²) in [4.78, 5) is 100. The van der Waals surface area contributed by atoms with Gasteiger partial charge in [-0.2, -0.15) is 8.42 Å². The number of imide groups is 1. The number of amides is 5. The number of carbonyl (C=O) groups excluding carboxylic acids is 7. The van der Waals surface area contributed by atoms with Gasteiger partial charge in [-0.05, 0) is 96.3 Å². The Kier molecular flexibility index (Phi) is 24.2. The molecular formula is C58H85ClN4O17S3. The predicted octanol–water partition coefficient (Wildman–Crippen LogP) is 8.88. The molecule has 83 heavy (non-hydrogen) atoms. The fourth-order valence-electron chi connectivity index (χ4n) is 10.5. The molecule has 1 aromatic carbocycles. The van der Waals surface area contributed by atoms with Gasteiger partial charge in [-0.1, -0.05) is 110 Å². The Morgan fingerprint density at radius 3 is 2.34 bits per heavy atom. The molecular weight excluding hydrogens is 1160 g/mol. The highest BCUT2D eigenvalue weighted by Gasteiger charge is 2.69. The van der Waals surface area contributed by atoms with Gasteiger partial charge in [0.1, 0.15) is 40.7 Å². The standard InChI is InChI=1S/C58H85ClN4O17S3/c1-14-18-37(15-2)21-22-38(16-3)34-76-43-20-17-19-35(4)29-39-30-40(50(59)41(31-39)75-13)62(12)49(67)32-44(57(10)53(79-57)56(8,9)45-33-58(43,71)60-54(70)78-45)77-51(68)36(5)61(11)46(64)25-27-55(6,7)82-81-28-26-42(83(72,73)74)52(69)80-63-47(65)23-24-48(63)66/h16-17,19-20,30-31,36-38,42-45,53,71H,3,14-15,18,21-29,32-34H2,1-2,4-13H3,(H,60,70)(H,72,73,74)/b20-17+,35-19+/t36-,37?,38?,42?,43+,44-,45-,53-,57-,58-/m0/s1. The van der Waals surface area contributed by atoms with E-state index < -0.39 is 122 Å². The smallest absolute Gasteiger partial charge is 0.409 e. The van der Waals surface area contributed by atoms with E-state index in [0.29, 0.717) is 23.8 Å². The lowest BCUT2D eigenvalue weighted by molar-refractivity contribution is -0.197. The minimum Gasteiger partial charge on any atom is -0.495 e. The number of rotatable bonds is 25. The van der Waals surface area contributed by atoms with Crippen LogP contribution in [-0.4, -0.2) is 155 Å². The number of hydroxylamine groups is 2. The summed E-state index contributed by atoms with van der Waals surface area (Å²) in [7, 11) is 1.91. The highest BCUT2D eigenvalue weighted by molar-refractivity contribution is 8.77. The van der Waals surface area contributed by atoms with Crippen LogP contribution in [0.5, 0.6) is 5.75 Å². The number of ether oxygens (including phenoxy) is 5. The van der Waals surface area contributed by atoms with Crippen LogP contribution >= 0.6 is 33.2 Å². The van der Waals surface area contributed by atoms with E-state index in [4.69, 9.17) is 40.1 Å². The zero-order chi connectivity index (χ0) is 62.0. The predicted molar refractivity (Wildman–Crippen MR) is 317 cm³/mol. The molecule has 4 aliphatic rings. The summed E-state index contributed by atoms with van der Waals surface area (Å²) in [5.41, 5.74) is -2.53. The quantitative estimate of drug-likeness (QED) is 0.0157. The van der Waals surface area contributed by atoms with E-state index in [9.17, 15) is 51.6 Å². The van der Waals surface area contributed by atoms with Gasteiger partial charge in [-0.25, -0.2) is 14.4 Å². The summed E-state index contributed by atoms with van der Waals surface area (Å²) in [6.07, 6.45) is 6.38. The molecule has 4 aliphatic heterocycles. The van der Waals surface area contributed by atoms with Crippen LogP contribution < -0.4 is 15.0 Å². The zero-order valence-corrected chi connectivity index (χ0v) is 53.1. The number of methoxy groups -OCH3 is 1. The monoisotopic (exact) mass is 1240 g/mol. The molecule has 0 aromatic heterocycles. The lowest BCUT2D eigenvalue weighted by Crippen LogP contribution is -2.65. The third kappa shape index (κ3) is 17.9. The van der Waals surface area contributed by atoms with E-state index >= 15 is 0 Å². The fourth-order valence-corrected chi connectivity index (χ4v) is 14.3. The number of allylic oxidation sites excluding steroid dienone is 3. The van der Waals surface area contributed by atoms with E-state index in [1.54, 1.807) is 52.1 Å². The lowest BCUT2D eigenvalue weighted by Gasteiger charge is -2.45. The number of esters is 1. The Morgan fingerprint density at radius 1 is 1.05 bits per heavy atom. The summed E-state index contributed by atoms with van der Waals surface area (Å²) in [6.45, 7) is 21.0. The number of aliphatic hydroxyl groups is 1. The molecule has 5 rings (SSSR count). The number of halogens is 1. The Morgan fingerprint density at radius 2 is 1.72 bits per heavy atom. The Hall–Kier alpha value is -4.69. The first-order valence-corrected chi connectivity index (χ1v) is 32.4. The van der Waals surface area contributed by atoms with Crippen molar-refractivity contribution in [2.75, 3.05) is 38.5 Å². The Bertz CT molecular complexity index is 2730. The molecule has 1 aromatic rings. The molecule has 4 heterocycles. The van der Waals surface area contributed by atoms with Crippen molar-refractivity contribution in [3.05, 3.63) is 59.2 Å². The molecule has 0 aliphatic carbocycles. The van der Waals surface area contributed by atoms with Crippen molar-refractivity contribution in [3.8, 4) is 5.75 Å². The van der Waals surface area contributed by atoms with Gasteiger partial charge in [-0.15, -0.1) is 11.6 Å². The molecule has 25 heteroatoms. The number of nitrogens with zero attached hydrogens (tertiary/aromatic N) is 3. The molecule has 3 N–H and O–H groups in total. The van der Waals surface area contributed by atoms with Crippen LogP contribution in [-0.2, 0) is 69.1 Å². The fraction of sp³-hybridized carbons (Fsp3) is 0.672. The maximum absolute atomic E-state index is 14.6. The average Bonchev–Trinajstić information content (AvgIpc) is 1.67. The van der Waals surface area contributed by atoms with Crippen molar-refractivity contribution in [1.29, 1.82) is 0 Å². The highest BCUT2D eigenvalue weighted by Crippen LogP contribution is 2.55. The minimum absolute atomic E-state index is 0.00523. The summed E-state index contributed by atoms with van der Waals surface area (Å²) < 4.78 is 64.4. The molecule has 10 atom stereocenters. The Labute approximate surface area is 501 Å². The van der Waals surface area contributed by atoms with Gasteiger partial charge < -0.3 is 43.4 Å². The number of fused-ring (bicyclic) bond motifs is 5. The van der Waals surface area contributed by atoms with Gasteiger partial charge in [0, 0.05) is 55.7 Å². The van der Waals surface area contributed by atoms with E-state index in [2.05, 4.69) is 25.7 Å². The molecule has 0 saturated carbocycles. The molecule has 3 saturated heterocycles. The molecule has 464 valence electrons. The molecule has 5 amide bonds. The molecule has 3 unspecified atom stereocenters. The molecule has 0 spiro atoms. The second kappa shape index (κ2) is 29.1. The normalized spacial score (nSPS) is 26.5. The van der Waals surface area contributed by atoms with Crippen molar-refractivity contribution in [3.63, 3.8) is 0 Å². The number of nitrogens with one attached hydrogen (secondary N) is 1. The SMILES string of the molecule is C=CC(CCC(CC)CCC)CO[C@@H]1/C=C/C=C(\C)Cc2cc(OC)c(Cl)c(c2)N(C)C(=O)C[C@H](OC(=O)[C@H](C)N(C)C(=O)CCC(C)(C)SSCCC(C(=O)ON2C(=O)CCC2=O)S(=O)(=O)O)[C@]2(C)O[C@H]2C(C)(C)[C@@H]2C[C@@]1(O)NC(=O)O2. The first-order valence-electron chi connectivity index (χ1n) is 28.2. The van der Waals surface area contributed by atoms with Gasteiger partial charge in [0.15, 0.2) is 11.0 Å². The van der Waals surface area contributed by atoms with E-state index in [1.807, 2.05) is 32.9 Å². The number of hydrogen-bond acceptors (Lipinski definition) is 18. The second-order valence-electron chi connectivity index (χ2n) is 23.5. The number of alkyl carbamates (subject to hydrolysis) is 1. The van der Waals surface area contributed by atoms with Crippen LogP contribution in [0, 0.1) is 17.3 Å². The number of hydrogen-bond donors (Lipinski definition) is 3. The topological polar surface area (TPSA) is 275 Å². The van der Waals surface area contributed by atoms with Crippen LogP contribution in [0.25, 0.3) is 0 Å². The third-order valence-electron chi connectivity index (χ3n) is 16.2. The van der Waals surface area contributed by atoms with Crippen LogP contribution in [0.1, 0.15) is 145 Å². The van der Waals surface area contributed by atoms with Crippen LogP contribution in [0.4, 0.5) is 10.5 Å². The molecule has 21 nitrogen and oxygen atoms in total. The van der Waals surface area contributed by atoms with Crippen LogP contribution in [0.3, 0.4) is 0 Å². The minimum atomic E-state index is -4.98.